The maximum atomic E-state index is 12.8. The Hall–Kier alpha value is -2.15. The predicted molar refractivity (Wildman–Crippen MR) is 112 cm³/mol. The third-order valence-electron chi connectivity index (χ3n) is 3.97. The van der Waals surface area contributed by atoms with Gasteiger partial charge in [0.1, 0.15) is 5.60 Å². The van der Waals surface area contributed by atoms with E-state index >= 15 is 0 Å². The largest absolute Gasteiger partial charge is 0.444 e. The van der Waals surface area contributed by atoms with Gasteiger partial charge in [-0.15, -0.1) is 0 Å². The van der Waals surface area contributed by atoms with Crippen LogP contribution >= 0.6 is 0 Å². The van der Waals surface area contributed by atoms with Gasteiger partial charge in [0.25, 0.3) is 0 Å². The summed E-state index contributed by atoms with van der Waals surface area (Å²) < 4.78 is 30.8. The SMILES string of the molecule is CC(C)CC(CS(=O)(=O)Cc1cnc2ccccc2c1)NC(=O)OC(C)(C)C. The van der Waals surface area contributed by atoms with E-state index in [4.69, 9.17) is 4.74 Å². The summed E-state index contributed by atoms with van der Waals surface area (Å²) in [5.41, 5.74) is 0.828. The van der Waals surface area contributed by atoms with E-state index in [-0.39, 0.29) is 17.4 Å². The van der Waals surface area contributed by atoms with Gasteiger partial charge in [0.2, 0.25) is 0 Å². The van der Waals surface area contributed by atoms with E-state index in [1.54, 1.807) is 27.0 Å². The fourth-order valence-electron chi connectivity index (χ4n) is 3.03. The Morgan fingerprint density at radius 2 is 1.89 bits per heavy atom. The number of aromatic nitrogens is 1. The molecule has 1 atom stereocenters. The molecule has 0 fully saturated rings. The van der Waals surface area contributed by atoms with Gasteiger partial charge >= 0.3 is 6.09 Å². The van der Waals surface area contributed by atoms with Crippen LogP contribution < -0.4 is 5.32 Å². The zero-order chi connectivity index (χ0) is 20.9. The number of benzene rings is 1. The molecule has 1 aromatic heterocycles. The third kappa shape index (κ3) is 7.46. The van der Waals surface area contributed by atoms with Crippen LogP contribution in [0.4, 0.5) is 4.79 Å². The first-order valence-electron chi connectivity index (χ1n) is 9.47. The standard InChI is InChI=1S/C21H30N2O4S/c1-15(2)10-18(23-20(24)27-21(3,4)5)14-28(25,26)13-16-11-17-8-6-7-9-19(17)22-12-16/h6-9,11-12,15,18H,10,13-14H2,1-5H3,(H,23,24). The summed E-state index contributed by atoms with van der Waals surface area (Å²) in [4.78, 5) is 16.4. The number of carbonyl (C=O) groups is 1. The van der Waals surface area contributed by atoms with Gasteiger partial charge in [-0.3, -0.25) is 4.98 Å². The van der Waals surface area contributed by atoms with Gasteiger partial charge in [0.15, 0.2) is 9.84 Å². The number of ether oxygens (including phenoxy) is 1. The molecule has 1 unspecified atom stereocenters. The van der Waals surface area contributed by atoms with E-state index in [9.17, 15) is 13.2 Å². The van der Waals surface area contributed by atoms with Crippen LogP contribution in [0.3, 0.4) is 0 Å². The molecule has 7 heteroatoms. The smallest absolute Gasteiger partial charge is 0.407 e. The summed E-state index contributed by atoms with van der Waals surface area (Å²) in [5.74, 6) is -0.0235. The zero-order valence-corrected chi connectivity index (χ0v) is 18.0. The summed E-state index contributed by atoms with van der Waals surface area (Å²) in [6.45, 7) is 9.29. The number of para-hydroxylation sites is 1. The molecule has 1 N–H and O–H groups in total. The molecule has 0 aliphatic heterocycles. The molecule has 28 heavy (non-hydrogen) atoms. The summed E-state index contributed by atoms with van der Waals surface area (Å²) >= 11 is 0. The number of pyridine rings is 1. The highest BCUT2D eigenvalue weighted by Gasteiger charge is 2.25. The molecule has 0 radical (unpaired) electrons. The molecular formula is C21H30N2O4S. The van der Waals surface area contributed by atoms with Crippen molar-refractivity contribution < 1.29 is 17.9 Å². The van der Waals surface area contributed by atoms with Gasteiger partial charge in [-0.05, 0) is 50.8 Å². The molecule has 1 heterocycles. The van der Waals surface area contributed by atoms with Crippen LogP contribution in [0.2, 0.25) is 0 Å². The molecule has 0 bridgehead atoms. The van der Waals surface area contributed by atoms with Crippen LogP contribution in [0.25, 0.3) is 10.9 Å². The molecule has 6 nitrogen and oxygen atoms in total. The van der Waals surface area contributed by atoms with Crippen molar-refractivity contribution in [2.45, 2.75) is 58.4 Å². The second kappa shape index (κ2) is 8.90. The van der Waals surface area contributed by atoms with Gasteiger partial charge in [-0.1, -0.05) is 32.0 Å². The number of alkyl carbamates (subject to hydrolysis) is 1. The van der Waals surface area contributed by atoms with Crippen molar-refractivity contribution in [3.05, 3.63) is 42.1 Å². The number of sulfone groups is 1. The van der Waals surface area contributed by atoms with Crippen LogP contribution in [0.15, 0.2) is 36.5 Å². The van der Waals surface area contributed by atoms with Gasteiger partial charge in [-0.2, -0.15) is 0 Å². The van der Waals surface area contributed by atoms with Gasteiger partial charge < -0.3 is 10.1 Å². The van der Waals surface area contributed by atoms with E-state index in [0.29, 0.717) is 12.0 Å². The van der Waals surface area contributed by atoms with E-state index in [0.717, 1.165) is 10.9 Å². The molecule has 0 saturated heterocycles. The Bertz CT molecular complexity index is 917. The number of rotatable bonds is 7. The molecule has 154 valence electrons. The molecule has 1 amide bonds. The highest BCUT2D eigenvalue weighted by atomic mass is 32.2. The fourth-order valence-corrected chi connectivity index (χ4v) is 4.64. The summed E-state index contributed by atoms with van der Waals surface area (Å²) in [6, 6.07) is 8.92. The first-order valence-corrected chi connectivity index (χ1v) is 11.3. The predicted octanol–water partition coefficient (Wildman–Crippen LogP) is 4.09. The third-order valence-corrected chi connectivity index (χ3v) is 5.65. The molecule has 0 aliphatic carbocycles. The molecular weight excluding hydrogens is 376 g/mol. The molecule has 2 rings (SSSR count). The fraction of sp³-hybridized carbons (Fsp3) is 0.524. The average molecular weight is 407 g/mol. The van der Waals surface area contributed by atoms with Gasteiger partial charge in [0, 0.05) is 17.6 Å². The monoisotopic (exact) mass is 406 g/mol. The Kier molecular flexibility index (Phi) is 7.04. The lowest BCUT2D eigenvalue weighted by atomic mass is 10.1. The number of nitrogens with zero attached hydrogens (tertiary/aromatic N) is 1. The quantitative estimate of drug-likeness (QED) is 0.748. The lowest BCUT2D eigenvalue weighted by Crippen LogP contribution is -2.43. The van der Waals surface area contributed by atoms with Crippen molar-refractivity contribution >= 4 is 26.8 Å². The van der Waals surface area contributed by atoms with Crippen molar-refractivity contribution in [2.75, 3.05) is 5.75 Å². The van der Waals surface area contributed by atoms with E-state index < -0.39 is 27.6 Å². The van der Waals surface area contributed by atoms with Crippen molar-refractivity contribution in [3.63, 3.8) is 0 Å². The van der Waals surface area contributed by atoms with Gasteiger partial charge in [-0.25, -0.2) is 13.2 Å². The lowest BCUT2D eigenvalue weighted by Gasteiger charge is -2.24. The van der Waals surface area contributed by atoms with Crippen molar-refractivity contribution in [1.82, 2.24) is 10.3 Å². The minimum atomic E-state index is -3.45. The number of nitrogens with one attached hydrogen (secondary N) is 1. The maximum Gasteiger partial charge on any atom is 0.407 e. The van der Waals surface area contributed by atoms with E-state index in [2.05, 4.69) is 10.3 Å². The van der Waals surface area contributed by atoms with Crippen LogP contribution in [0.5, 0.6) is 0 Å². The Morgan fingerprint density at radius 3 is 2.54 bits per heavy atom. The molecule has 1 aromatic carbocycles. The summed E-state index contributed by atoms with van der Waals surface area (Å²) in [7, 11) is -3.45. The first-order chi connectivity index (χ1) is 12.9. The summed E-state index contributed by atoms with van der Waals surface area (Å²) in [6.07, 6.45) is 1.55. The van der Waals surface area contributed by atoms with Crippen LogP contribution in [0, 0.1) is 5.92 Å². The first kappa shape index (κ1) is 22.1. The average Bonchev–Trinajstić information content (AvgIpc) is 2.51. The highest BCUT2D eigenvalue weighted by Crippen LogP contribution is 2.17. The number of carbonyl (C=O) groups excluding carboxylic acids is 1. The summed E-state index contributed by atoms with van der Waals surface area (Å²) in [5, 5.41) is 3.62. The highest BCUT2D eigenvalue weighted by molar-refractivity contribution is 7.90. The number of hydrogen-bond donors (Lipinski definition) is 1. The number of amides is 1. The second-order valence-electron chi connectivity index (χ2n) is 8.56. The maximum absolute atomic E-state index is 12.8. The molecule has 2 aromatic rings. The molecule has 0 saturated carbocycles. The minimum absolute atomic E-state index is 0.116. The van der Waals surface area contributed by atoms with Crippen LogP contribution in [0.1, 0.15) is 46.6 Å². The minimum Gasteiger partial charge on any atom is -0.444 e. The number of hydrogen-bond acceptors (Lipinski definition) is 5. The molecule has 0 spiro atoms. The van der Waals surface area contributed by atoms with E-state index in [1.807, 2.05) is 44.2 Å². The lowest BCUT2D eigenvalue weighted by molar-refractivity contribution is 0.0504. The Balaban J connectivity index is 2.10. The van der Waals surface area contributed by atoms with Crippen molar-refractivity contribution in [1.29, 1.82) is 0 Å². The van der Waals surface area contributed by atoms with Crippen LogP contribution in [-0.4, -0.2) is 36.9 Å². The Labute approximate surface area is 167 Å². The van der Waals surface area contributed by atoms with Crippen LogP contribution in [-0.2, 0) is 20.3 Å². The van der Waals surface area contributed by atoms with Crippen molar-refractivity contribution in [3.8, 4) is 0 Å². The van der Waals surface area contributed by atoms with Gasteiger partial charge in [0.05, 0.1) is 17.0 Å². The topological polar surface area (TPSA) is 85.4 Å². The molecule has 0 aliphatic rings. The number of fused-ring (bicyclic) bond motifs is 1. The van der Waals surface area contributed by atoms with E-state index in [1.165, 1.54) is 0 Å². The zero-order valence-electron chi connectivity index (χ0n) is 17.2. The second-order valence-corrected chi connectivity index (χ2v) is 10.7. The normalized spacial score (nSPS) is 13.5. The Morgan fingerprint density at radius 1 is 1.21 bits per heavy atom. The van der Waals surface area contributed by atoms with Crippen molar-refractivity contribution in [2.24, 2.45) is 5.92 Å².